The maximum absolute atomic E-state index is 12.9. The van der Waals surface area contributed by atoms with Crippen LogP contribution in [0.1, 0.15) is 21.2 Å². The summed E-state index contributed by atoms with van der Waals surface area (Å²) < 4.78 is 12.8. The fourth-order valence-electron chi connectivity index (χ4n) is 2.68. The van der Waals surface area contributed by atoms with E-state index in [4.69, 9.17) is 16.7 Å². The second-order valence-electron chi connectivity index (χ2n) is 5.14. The largest absolute Gasteiger partial charge is 0.396 e. The summed E-state index contributed by atoms with van der Waals surface area (Å²) in [4.78, 5) is 13.6. The SMILES string of the molecule is O=C(c1ccc(Cl)cc1)C1C(SCCO)c2ccccc2S1=O. The number of carbonyl (C=O) groups excluding carboxylic acids is 1. The van der Waals surface area contributed by atoms with Crippen LogP contribution in [0.15, 0.2) is 53.4 Å². The second-order valence-corrected chi connectivity index (χ2v) is 8.37. The second kappa shape index (κ2) is 7.18. The first kappa shape index (κ1) is 16.7. The molecule has 0 radical (unpaired) electrons. The van der Waals surface area contributed by atoms with Gasteiger partial charge in [-0.1, -0.05) is 29.8 Å². The number of hydrogen-bond acceptors (Lipinski definition) is 4. The Kier molecular flexibility index (Phi) is 5.21. The summed E-state index contributed by atoms with van der Waals surface area (Å²) in [6.45, 7) is 0.0256. The molecule has 3 atom stereocenters. The molecule has 6 heteroatoms. The lowest BCUT2D eigenvalue weighted by molar-refractivity contribution is 0.0988. The van der Waals surface area contributed by atoms with Gasteiger partial charge >= 0.3 is 0 Å². The van der Waals surface area contributed by atoms with E-state index in [9.17, 15) is 9.00 Å². The van der Waals surface area contributed by atoms with E-state index in [-0.39, 0.29) is 17.6 Å². The van der Waals surface area contributed by atoms with Gasteiger partial charge in [-0.2, -0.15) is 0 Å². The standard InChI is InChI=1S/C17H15ClO3S2/c18-12-7-5-11(6-8-12)15(20)17-16(22-10-9-19)13-3-1-2-4-14(13)23(17)21/h1-8,16-17,19H,9-10H2. The average Bonchev–Trinajstić information content (AvgIpc) is 2.85. The maximum Gasteiger partial charge on any atom is 0.180 e. The van der Waals surface area contributed by atoms with Crippen molar-refractivity contribution in [2.75, 3.05) is 12.4 Å². The number of benzene rings is 2. The van der Waals surface area contributed by atoms with E-state index in [0.717, 1.165) is 10.5 Å². The maximum atomic E-state index is 12.9. The lowest BCUT2D eigenvalue weighted by atomic mass is 10.0. The number of thioether (sulfide) groups is 1. The van der Waals surface area contributed by atoms with Crippen molar-refractivity contribution in [1.29, 1.82) is 0 Å². The van der Waals surface area contributed by atoms with E-state index in [1.165, 1.54) is 11.8 Å². The van der Waals surface area contributed by atoms with Crippen LogP contribution in [0.2, 0.25) is 5.02 Å². The summed E-state index contributed by atoms with van der Waals surface area (Å²) in [5.41, 5.74) is 1.44. The van der Waals surface area contributed by atoms with E-state index in [1.807, 2.05) is 24.3 Å². The Morgan fingerprint density at radius 3 is 2.57 bits per heavy atom. The number of rotatable bonds is 5. The topological polar surface area (TPSA) is 54.4 Å². The molecule has 120 valence electrons. The molecule has 0 saturated carbocycles. The van der Waals surface area contributed by atoms with Gasteiger partial charge < -0.3 is 5.11 Å². The lowest BCUT2D eigenvalue weighted by Gasteiger charge is -2.17. The molecule has 0 spiro atoms. The van der Waals surface area contributed by atoms with Crippen LogP contribution in [0.3, 0.4) is 0 Å². The minimum absolute atomic E-state index is 0.0256. The van der Waals surface area contributed by atoms with E-state index in [1.54, 1.807) is 24.3 Å². The molecule has 1 aliphatic rings. The number of halogens is 1. The third kappa shape index (κ3) is 3.24. The smallest absolute Gasteiger partial charge is 0.180 e. The summed E-state index contributed by atoms with van der Waals surface area (Å²) in [7, 11) is -1.39. The van der Waals surface area contributed by atoms with Crippen LogP contribution < -0.4 is 0 Å². The fourth-order valence-corrected chi connectivity index (χ4v) is 6.08. The normalized spacial score (nSPS) is 22.8. The Morgan fingerprint density at radius 2 is 1.87 bits per heavy atom. The van der Waals surface area contributed by atoms with Crippen molar-refractivity contribution in [3.05, 3.63) is 64.7 Å². The minimum atomic E-state index is -1.39. The predicted octanol–water partition coefficient (Wildman–Crippen LogP) is 3.48. The number of fused-ring (bicyclic) bond motifs is 1. The van der Waals surface area contributed by atoms with Crippen molar-refractivity contribution in [3.63, 3.8) is 0 Å². The van der Waals surface area contributed by atoms with Gasteiger partial charge in [0.1, 0.15) is 5.25 Å². The van der Waals surface area contributed by atoms with Gasteiger partial charge in [0.25, 0.3) is 0 Å². The van der Waals surface area contributed by atoms with Crippen molar-refractivity contribution < 1.29 is 14.1 Å². The van der Waals surface area contributed by atoms with Crippen LogP contribution in [0.25, 0.3) is 0 Å². The number of carbonyl (C=O) groups is 1. The molecule has 0 bridgehead atoms. The molecule has 0 amide bonds. The molecule has 23 heavy (non-hydrogen) atoms. The van der Waals surface area contributed by atoms with Gasteiger partial charge in [0.05, 0.1) is 22.7 Å². The Bertz CT molecular complexity index is 746. The molecule has 0 fully saturated rings. The molecule has 0 aliphatic carbocycles. The Balaban J connectivity index is 1.97. The highest BCUT2D eigenvalue weighted by Gasteiger charge is 2.43. The van der Waals surface area contributed by atoms with E-state index in [2.05, 4.69) is 0 Å². The van der Waals surface area contributed by atoms with E-state index in [0.29, 0.717) is 16.3 Å². The molecular weight excluding hydrogens is 352 g/mol. The van der Waals surface area contributed by atoms with Gasteiger partial charge in [-0.3, -0.25) is 9.00 Å². The van der Waals surface area contributed by atoms with E-state index >= 15 is 0 Å². The van der Waals surface area contributed by atoms with Gasteiger partial charge in [-0.15, -0.1) is 11.8 Å². The molecule has 3 unspecified atom stereocenters. The summed E-state index contributed by atoms with van der Waals surface area (Å²) in [6, 6.07) is 14.1. The zero-order valence-electron chi connectivity index (χ0n) is 12.1. The molecule has 1 aliphatic heterocycles. The highest BCUT2D eigenvalue weighted by Crippen LogP contribution is 2.45. The Labute approximate surface area is 146 Å². The molecule has 1 heterocycles. The third-order valence-corrected chi connectivity index (χ3v) is 7.20. The van der Waals surface area contributed by atoms with E-state index < -0.39 is 16.0 Å². The van der Waals surface area contributed by atoms with Crippen molar-refractivity contribution in [3.8, 4) is 0 Å². The van der Waals surface area contributed by atoms with Gasteiger partial charge in [-0.05, 0) is 35.9 Å². The van der Waals surface area contributed by atoms with Crippen molar-refractivity contribution in [2.24, 2.45) is 0 Å². The first-order chi connectivity index (χ1) is 11.1. The highest BCUT2D eigenvalue weighted by atomic mass is 35.5. The van der Waals surface area contributed by atoms with Crippen molar-refractivity contribution >= 4 is 39.9 Å². The predicted molar refractivity (Wildman–Crippen MR) is 94.7 cm³/mol. The lowest BCUT2D eigenvalue weighted by Crippen LogP contribution is -2.26. The molecule has 0 aromatic heterocycles. The molecule has 3 nitrogen and oxygen atoms in total. The summed E-state index contributed by atoms with van der Waals surface area (Å²) in [5.74, 6) is 0.354. The third-order valence-electron chi connectivity index (χ3n) is 3.72. The van der Waals surface area contributed by atoms with Crippen molar-refractivity contribution in [1.82, 2.24) is 0 Å². The minimum Gasteiger partial charge on any atom is -0.396 e. The van der Waals surface area contributed by atoms with Crippen LogP contribution in [-0.4, -0.2) is 32.7 Å². The van der Waals surface area contributed by atoms with Crippen LogP contribution in [0, 0.1) is 0 Å². The molecule has 2 aromatic rings. The van der Waals surface area contributed by atoms with Gasteiger partial charge in [0.2, 0.25) is 0 Å². The first-order valence-electron chi connectivity index (χ1n) is 7.15. The first-order valence-corrected chi connectivity index (χ1v) is 9.79. The average molecular weight is 367 g/mol. The summed E-state index contributed by atoms with van der Waals surface area (Å²) in [6.07, 6.45) is 0. The molecule has 0 saturated heterocycles. The summed E-state index contributed by atoms with van der Waals surface area (Å²) in [5, 5.41) is 8.84. The van der Waals surface area contributed by atoms with Crippen LogP contribution in [0.5, 0.6) is 0 Å². The van der Waals surface area contributed by atoms with Gasteiger partial charge in [-0.25, -0.2) is 0 Å². The van der Waals surface area contributed by atoms with Crippen LogP contribution in [-0.2, 0) is 10.8 Å². The fraction of sp³-hybridized carbons (Fsp3) is 0.235. The quantitative estimate of drug-likeness (QED) is 0.823. The number of hydrogen-bond donors (Lipinski definition) is 1. The Morgan fingerprint density at radius 1 is 1.17 bits per heavy atom. The van der Waals surface area contributed by atoms with Crippen LogP contribution in [0.4, 0.5) is 0 Å². The summed E-state index contributed by atoms with van der Waals surface area (Å²) >= 11 is 7.35. The molecule has 2 aromatic carbocycles. The highest BCUT2D eigenvalue weighted by molar-refractivity contribution is 8.01. The molecule has 1 N–H and O–H groups in total. The zero-order valence-corrected chi connectivity index (χ0v) is 14.5. The van der Waals surface area contributed by atoms with Crippen LogP contribution >= 0.6 is 23.4 Å². The molecule has 3 rings (SSSR count). The van der Waals surface area contributed by atoms with Gasteiger partial charge in [0.15, 0.2) is 5.78 Å². The van der Waals surface area contributed by atoms with Crippen molar-refractivity contribution in [2.45, 2.75) is 15.4 Å². The van der Waals surface area contributed by atoms with Gasteiger partial charge in [0, 0.05) is 21.2 Å². The molecular formula is C17H15ClO3S2. The number of aliphatic hydroxyl groups excluding tert-OH is 1. The number of ketones is 1. The monoisotopic (exact) mass is 366 g/mol. The zero-order chi connectivity index (χ0) is 16.4. The number of aliphatic hydroxyl groups is 1. The Hall–Kier alpha value is -1.14. The number of Topliss-reactive ketones (excluding diaryl/α,β-unsaturated/α-hetero) is 1.